The van der Waals surface area contributed by atoms with Gasteiger partial charge in [0.25, 0.3) is 0 Å². The van der Waals surface area contributed by atoms with E-state index >= 15 is 0 Å². The van der Waals surface area contributed by atoms with Gasteiger partial charge in [0.1, 0.15) is 18.1 Å². The van der Waals surface area contributed by atoms with Crippen molar-refractivity contribution < 1.29 is 14.2 Å². The first-order chi connectivity index (χ1) is 9.36. The third-order valence-corrected chi connectivity index (χ3v) is 2.70. The van der Waals surface area contributed by atoms with Crippen molar-refractivity contribution in [2.24, 2.45) is 0 Å². The molecular weight excluding hydrogens is 242 g/mol. The molecule has 0 atom stereocenters. The van der Waals surface area contributed by atoms with Gasteiger partial charge in [-0.25, -0.2) is 0 Å². The number of methoxy groups -OCH3 is 1. The average Bonchev–Trinajstić information content (AvgIpc) is 2.46. The number of hydrogen-bond donors (Lipinski definition) is 1. The van der Waals surface area contributed by atoms with Gasteiger partial charge >= 0.3 is 0 Å². The van der Waals surface area contributed by atoms with Crippen molar-refractivity contribution in [1.82, 2.24) is 5.32 Å². The van der Waals surface area contributed by atoms with Gasteiger partial charge in [0.2, 0.25) is 0 Å². The van der Waals surface area contributed by atoms with Gasteiger partial charge in [-0.3, -0.25) is 0 Å². The average molecular weight is 267 g/mol. The highest BCUT2D eigenvalue weighted by Gasteiger charge is 1.95. The molecular formula is C15H25NO3. The zero-order valence-electron chi connectivity index (χ0n) is 12.0. The van der Waals surface area contributed by atoms with Crippen molar-refractivity contribution >= 4 is 0 Å². The van der Waals surface area contributed by atoms with Crippen LogP contribution < -0.4 is 14.8 Å². The zero-order valence-corrected chi connectivity index (χ0v) is 12.0. The van der Waals surface area contributed by atoms with Crippen LogP contribution in [0.5, 0.6) is 11.5 Å². The van der Waals surface area contributed by atoms with Crippen molar-refractivity contribution in [3.05, 3.63) is 24.3 Å². The van der Waals surface area contributed by atoms with Crippen LogP contribution in [0.4, 0.5) is 0 Å². The lowest BCUT2D eigenvalue weighted by Crippen LogP contribution is -2.22. The molecule has 4 nitrogen and oxygen atoms in total. The minimum absolute atomic E-state index is 0.678. The molecule has 0 amide bonds. The Morgan fingerprint density at radius 1 is 0.947 bits per heavy atom. The minimum atomic E-state index is 0.678. The van der Waals surface area contributed by atoms with Crippen molar-refractivity contribution in [3.63, 3.8) is 0 Å². The van der Waals surface area contributed by atoms with Crippen LogP contribution in [0.1, 0.15) is 19.8 Å². The highest BCUT2D eigenvalue weighted by molar-refractivity contribution is 5.31. The molecule has 1 aromatic rings. The summed E-state index contributed by atoms with van der Waals surface area (Å²) in [5.74, 6) is 1.72. The monoisotopic (exact) mass is 267 g/mol. The predicted molar refractivity (Wildman–Crippen MR) is 77.1 cm³/mol. The summed E-state index contributed by atoms with van der Waals surface area (Å²) in [5.41, 5.74) is 0. The molecule has 0 bridgehead atoms. The Kier molecular flexibility index (Phi) is 8.85. The summed E-state index contributed by atoms with van der Waals surface area (Å²) < 4.78 is 16.0. The molecule has 1 rings (SSSR count). The molecule has 0 aromatic heterocycles. The third-order valence-electron chi connectivity index (χ3n) is 2.70. The van der Waals surface area contributed by atoms with Gasteiger partial charge in [-0.1, -0.05) is 0 Å². The van der Waals surface area contributed by atoms with Gasteiger partial charge in [-0.15, -0.1) is 0 Å². The Labute approximate surface area is 116 Å². The van der Waals surface area contributed by atoms with Crippen molar-refractivity contribution in [2.75, 3.05) is 40.0 Å². The number of ether oxygens (including phenoxy) is 3. The molecule has 0 aliphatic carbocycles. The Hall–Kier alpha value is -1.26. The molecule has 108 valence electrons. The second kappa shape index (κ2) is 10.6. The van der Waals surface area contributed by atoms with E-state index < -0.39 is 0 Å². The van der Waals surface area contributed by atoms with Crippen LogP contribution in [-0.4, -0.2) is 40.0 Å². The quantitative estimate of drug-likeness (QED) is 0.625. The van der Waals surface area contributed by atoms with E-state index in [0.717, 1.165) is 50.6 Å². The van der Waals surface area contributed by atoms with Crippen molar-refractivity contribution in [2.45, 2.75) is 19.8 Å². The molecule has 0 heterocycles. The first-order valence-corrected chi connectivity index (χ1v) is 6.92. The number of benzene rings is 1. The van der Waals surface area contributed by atoms with E-state index in [1.54, 1.807) is 7.11 Å². The first kappa shape index (κ1) is 15.8. The standard InChI is InChI=1S/C15H25NO3/c1-3-18-12-5-4-10-16-11-13-19-15-8-6-14(17-2)7-9-15/h6-9,16H,3-5,10-13H2,1-2H3. The van der Waals surface area contributed by atoms with Gasteiger partial charge in [-0.2, -0.15) is 0 Å². The maximum Gasteiger partial charge on any atom is 0.119 e. The Bertz CT molecular complexity index is 314. The fourth-order valence-electron chi connectivity index (χ4n) is 1.64. The second-order valence-electron chi connectivity index (χ2n) is 4.18. The summed E-state index contributed by atoms with van der Waals surface area (Å²) in [6.07, 6.45) is 2.25. The lowest BCUT2D eigenvalue weighted by molar-refractivity contribution is 0.143. The molecule has 0 radical (unpaired) electrons. The van der Waals surface area contributed by atoms with E-state index in [1.165, 1.54) is 0 Å². The normalized spacial score (nSPS) is 10.4. The molecule has 1 aromatic carbocycles. The highest BCUT2D eigenvalue weighted by Crippen LogP contribution is 2.16. The lowest BCUT2D eigenvalue weighted by atomic mass is 10.3. The lowest BCUT2D eigenvalue weighted by Gasteiger charge is -2.08. The number of unbranched alkanes of at least 4 members (excludes halogenated alkanes) is 1. The van der Waals surface area contributed by atoms with Crippen LogP contribution in [0.25, 0.3) is 0 Å². The Morgan fingerprint density at radius 3 is 2.37 bits per heavy atom. The fourth-order valence-corrected chi connectivity index (χ4v) is 1.64. The summed E-state index contributed by atoms with van der Waals surface area (Å²) in [6.45, 7) is 6.25. The van der Waals surface area contributed by atoms with Crippen LogP contribution in [-0.2, 0) is 4.74 Å². The largest absolute Gasteiger partial charge is 0.497 e. The smallest absolute Gasteiger partial charge is 0.119 e. The van der Waals surface area contributed by atoms with Gasteiger partial charge in [0.05, 0.1) is 7.11 Å². The van der Waals surface area contributed by atoms with Crippen molar-refractivity contribution in [3.8, 4) is 11.5 Å². The molecule has 19 heavy (non-hydrogen) atoms. The molecule has 0 spiro atoms. The van der Waals surface area contributed by atoms with E-state index in [9.17, 15) is 0 Å². The zero-order chi connectivity index (χ0) is 13.8. The fraction of sp³-hybridized carbons (Fsp3) is 0.600. The minimum Gasteiger partial charge on any atom is -0.497 e. The highest BCUT2D eigenvalue weighted by atomic mass is 16.5. The van der Waals surface area contributed by atoms with E-state index in [-0.39, 0.29) is 0 Å². The molecule has 0 fully saturated rings. The molecule has 1 N–H and O–H groups in total. The van der Waals surface area contributed by atoms with Gasteiger partial charge in [0.15, 0.2) is 0 Å². The number of rotatable bonds is 11. The maximum absolute atomic E-state index is 5.61. The SMILES string of the molecule is CCOCCCCNCCOc1ccc(OC)cc1. The summed E-state index contributed by atoms with van der Waals surface area (Å²) in [4.78, 5) is 0. The van der Waals surface area contributed by atoms with Gasteiger partial charge < -0.3 is 19.5 Å². The first-order valence-electron chi connectivity index (χ1n) is 6.92. The number of hydrogen-bond acceptors (Lipinski definition) is 4. The Morgan fingerprint density at radius 2 is 1.68 bits per heavy atom. The number of nitrogens with one attached hydrogen (secondary N) is 1. The summed E-state index contributed by atoms with van der Waals surface area (Å²) in [7, 11) is 1.66. The van der Waals surface area contributed by atoms with Crippen molar-refractivity contribution in [1.29, 1.82) is 0 Å². The van der Waals surface area contributed by atoms with Crippen LogP contribution in [0, 0.1) is 0 Å². The summed E-state index contributed by atoms with van der Waals surface area (Å²) >= 11 is 0. The summed E-state index contributed by atoms with van der Waals surface area (Å²) in [6, 6.07) is 7.63. The molecule has 0 aliphatic heterocycles. The molecule has 0 unspecified atom stereocenters. The molecule has 0 saturated heterocycles. The van der Waals surface area contributed by atoms with Crippen LogP contribution >= 0.6 is 0 Å². The topological polar surface area (TPSA) is 39.7 Å². The van der Waals surface area contributed by atoms with Crippen LogP contribution in [0.2, 0.25) is 0 Å². The summed E-state index contributed by atoms with van der Waals surface area (Å²) in [5, 5.41) is 3.35. The van der Waals surface area contributed by atoms with E-state index in [2.05, 4.69) is 5.32 Å². The van der Waals surface area contributed by atoms with E-state index in [4.69, 9.17) is 14.2 Å². The molecule has 0 saturated carbocycles. The second-order valence-corrected chi connectivity index (χ2v) is 4.18. The van der Waals surface area contributed by atoms with Gasteiger partial charge in [-0.05, 0) is 50.6 Å². The van der Waals surface area contributed by atoms with E-state index in [1.807, 2.05) is 31.2 Å². The van der Waals surface area contributed by atoms with E-state index in [0.29, 0.717) is 6.61 Å². The predicted octanol–water partition coefficient (Wildman–Crippen LogP) is 2.48. The maximum atomic E-state index is 5.61. The van der Waals surface area contributed by atoms with Gasteiger partial charge in [0, 0.05) is 19.8 Å². The molecule has 0 aliphatic rings. The van der Waals surface area contributed by atoms with Crippen LogP contribution in [0.15, 0.2) is 24.3 Å². The Balaban J connectivity index is 1.95. The van der Waals surface area contributed by atoms with Crippen LogP contribution in [0.3, 0.4) is 0 Å². The molecule has 4 heteroatoms. The third kappa shape index (κ3) is 7.70.